The predicted octanol–water partition coefficient (Wildman–Crippen LogP) is 4.96. The molecule has 0 N–H and O–H groups in total. The van der Waals surface area contributed by atoms with Crippen LogP contribution in [0.3, 0.4) is 0 Å². The number of nitrogens with zero attached hydrogens (tertiary/aromatic N) is 4. The number of thiocarbonyl (C=S) groups is 1. The molecule has 2 aromatic heterocycles. The number of fused-ring (bicyclic) bond motifs is 2. The summed E-state index contributed by atoms with van der Waals surface area (Å²) in [6.07, 6.45) is 7.42. The number of pyridine rings is 1. The van der Waals surface area contributed by atoms with Crippen molar-refractivity contribution in [1.82, 2.24) is 14.3 Å². The van der Waals surface area contributed by atoms with Crippen LogP contribution in [-0.2, 0) is 17.8 Å². The maximum absolute atomic E-state index is 13.7. The van der Waals surface area contributed by atoms with Crippen LogP contribution < -0.4 is 10.5 Å². The molecule has 180 valence electrons. The summed E-state index contributed by atoms with van der Waals surface area (Å²) in [5.41, 5.74) is 4.38. The van der Waals surface area contributed by atoms with E-state index in [1.54, 1.807) is 21.6 Å². The number of rotatable bonds is 6. The SMILES string of the molecule is CCCCCN1C(=O)/C(=C/c2c(N3CCc4ccccc4C3)nc3ccc(C)cn3c2=O)SC1=S. The molecule has 2 aliphatic rings. The molecule has 6 nitrogen and oxygen atoms in total. The number of unbranched alkanes of at least 4 members (excludes halogenated alkanes) is 2. The molecule has 0 unspecified atom stereocenters. The van der Waals surface area contributed by atoms with Gasteiger partial charge in [0.25, 0.3) is 11.5 Å². The lowest BCUT2D eigenvalue weighted by Crippen LogP contribution is -2.34. The second-order valence-corrected chi connectivity index (χ2v) is 10.7. The quantitative estimate of drug-likeness (QED) is 0.269. The van der Waals surface area contributed by atoms with E-state index in [0.717, 1.165) is 37.8 Å². The first-order valence-corrected chi connectivity index (χ1v) is 13.3. The Morgan fingerprint density at radius 2 is 1.91 bits per heavy atom. The first-order chi connectivity index (χ1) is 17.0. The van der Waals surface area contributed by atoms with E-state index in [9.17, 15) is 9.59 Å². The van der Waals surface area contributed by atoms with Gasteiger partial charge in [0.2, 0.25) is 0 Å². The number of benzene rings is 1. The molecule has 0 saturated carbocycles. The van der Waals surface area contributed by atoms with Crippen LogP contribution >= 0.6 is 24.0 Å². The van der Waals surface area contributed by atoms with Crippen LogP contribution in [0.15, 0.2) is 52.3 Å². The van der Waals surface area contributed by atoms with Gasteiger partial charge in [0.1, 0.15) is 15.8 Å². The van der Waals surface area contributed by atoms with Crippen molar-refractivity contribution in [1.29, 1.82) is 0 Å². The summed E-state index contributed by atoms with van der Waals surface area (Å²) in [4.78, 5) is 36.2. The van der Waals surface area contributed by atoms with Gasteiger partial charge in [-0.3, -0.25) is 18.9 Å². The van der Waals surface area contributed by atoms with E-state index >= 15 is 0 Å². The van der Waals surface area contributed by atoms with Crippen molar-refractivity contribution >= 4 is 51.7 Å². The Morgan fingerprint density at radius 3 is 2.71 bits per heavy atom. The van der Waals surface area contributed by atoms with Crippen molar-refractivity contribution in [3.8, 4) is 0 Å². The largest absolute Gasteiger partial charge is 0.351 e. The van der Waals surface area contributed by atoms with E-state index in [1.807, 2.05) is 25.1 Å². The van der Waals surface area contributed by atoms with Crippen LogP contribution in [0.4, 0.5) is 5.82 Å². The van der Waals surface area contributed by atoms with Gasteiger partial charge in [0.15, 0.2) is 0 Å². The Balaban J connectivity index is 1.59. The summed E-state index contributed by atoms with van der Waals surface area (Å²) < 4.78 is 2.13. The summed E-state index contributed by atoms with van der Waals surface area (Å²) >= 11 is 6.78. The van der Waals surface area contributed by atoms with E-state index in [-0.39, 0.29) is 11.5 Å². The maximum atomic E-state index is 13.7. The van der Waals surface area contributed by atoms with Gasteiger partial charge in [-0.1, -0.05) is 74.1 Å². The highest BCUT2D eigenvalue weighted by Gasteiger charge is 2.32. The topological polar surface area (TPSA) is 57.9 Å². The van der Waals surface area contributed by atoms with Gasteiger partial charge < -0.3 is 4.90 Å². The number of carbonyl (C=O) groups excluding carboxylic acids is 1. The van der Waals surface area contributed by atoms with Crippen LogP contribution in [0.5, 0.6) is 0 Å². The van der Waals surface area contributed by atoms with Crippen molar-refractivity contribution < 1.29 is 4.79 Å². The number of aromatic nitrogens is 2. The molecule has 2 aliphatic heterocycles. The van der Waals surface area contributed by atoms with Gasteiger partial charge in [0.05, 0.1) is 10.5 Å². The molecular weight excluding hydrogens is 476 g/mol. The highest BCUT2D eigenvalue weighted by Crippen LogP contribution is 2.34. The van der Waals surface area contributed by atoms with Crippen molar-refractivity contribution in [2.45, 2.75) is 46.1 Å². The fraction of sp³-hybridized carbons (Fsp3) is 0.333. The molecule has 8 heteroatoms. The van der Waals surface area contributed by atoms with E-state index in [2.05, 4.69) is 30.0 Å². The maximum Gasteiger partial charge on any atom is 0.267 e. The molecule has 4 heterocycles. The van der Waals surface area contributed by atoms with Crippen LogP contribution in [0.1, 0.15) is 48.4 Å². The van der Waals surface area contributed by atoms with E-state index in [4.69, 9.17) is 17.2 Å². The Labute approximate surface area is 214 Å². The number of thioether (sulfide) groups is 1. The highest BCUT2D eigenvalue weighted by atomic mass is 32.2. The summed E-state index contributed by atoms with van der Waals surface area (Å²) in [5.74, 6) is 0.490. The number of hydrogen-bond donors (Lipinski definition) is 0. The molecule has 0 spiro atoms. The molecule has 1 aromatic carbocycles. The zero-order valence-electron chi connectivity index (χ0n) is 20.0. The fourth-order valence-electron chi connectivity index (χ4n) is 4.63. The smallest absolute Gasteiger partial charge is 0.267 e. The average molecular weight is 505 g/mol. The fourth-order valence-corrected chi connectivity index (χ4v) is 5.93. The zero-order chi connectivity index (χ0) is 24.5. The number of carbonyl (C=O) groups is 1. The molecule has 1 fully saturated rings. The summed E-state index contributed by atoms with van der Waals surface area (Å²) in [6.45, 7) is 6.11. The molecule has 1 saturated heterocycles. The Kier molecular flexibility index (Phi) is 6.75. The molecule has 1 amide bonds. The Morgan fingerprint density at radius 1 is 1.11 bits per heavy atom. The number of aryl methyl sites for hydroxylation is 1. The van der Waals surface area contributed by atoms with Crippen LogP contribution in [0, 0.1) is 6.92 Å². The molecule has 3 aromatic rings. The van der Waals surface area contributed by atoms with Crippen molar-refractivity contribution in [2.24, 2.45) is 0 Å². The predicted molar refractivity (Wildman–Crippen MR) is 147 cm³/mol. The van der Waals surface area contributed by atoms with Gasteiger partial charge >= 0.3 is 0 Å². The second-order valence-electron chi connectivity index (χ2n) is 9.07. The van der Waals surface area contributed by atoms with Crippen LogP contribution in [0.25, 0.3) is 11.7 Å². The molecule has 0 atom stereocenters. The zero-order valence-corrected chi connectivity index (χ0v) is 21.6. The van der Waals surface area contributed by atoms with Gasteiger partial charge in [-0.2, -0.15) is 0 Å². The van der Waals surface area contributed by atoms with Crippen molar-refractivity contribution in [3.05, 3.63) is 80.1 Å². The third-order valence-corrected chi connectivity index (χ3v) is 7.93. The van der Waals surface area contributed by atoms with Crippen molar-refractivity contribution in [3.63, 3.8) is 0 Å². The summed E-state index contributed by atoms with van der Waals surface area (Å²) in [5, 5.41) is 0. The second kappa shape index (κ2) is 9.95. The Hall–Kier alpha value is -2.97. The van der Waals surface area contributed by atoms with E-state index in [1.165, 1.54) is 22.9 Å². The normalized spacial score (nSPS) is 17.0. The number of hydrogen-bond acceptors (Lipinski definition) is 6. The molecule has 0 radical (unpaired) electrons. The van der Waals surface area contributed by atoms with Gasteiger partial charge in [0, 0.05) is 25.8 Å². The van der Waals surface area contributed by atoms with Crippen LogP contribution in [0.2, 0.25) is 0 Å². The molecule has 0 aliphatic carbocycles. The first kappa shape index (κ1) is 23.8. The minimum absolute atomic E-state index is 0.125. The van der Waals surface area contributed by atoms with Gasteiger partial charge in [-0.05, 0) is 48.6 Å². The molecule has 0 bridgehead atoms. The Bertz CT molecular complexity index is 1410. The monoisotopic (exact) mass is 504 g/mol. The minimum Gasteiger partial charge on any atom is -0.351 e. The third kappa shape index (κ3) is 4.65. The summed E-state index contributed by atoms with van der Waals surface area (Å²) in [7, 11) is 0. The first-order valence-electron chi connectivity index (χ1n) is 12.1. The lowest BCUT2D eigenvalue weighted by atomic mass is 9.99. The molecule has 5 rings (SSSR count). The lowest BCUT2D eigenvalue weighted by Gasteiger charge is -2.30. The lowest BCUT2D eigenvalue weighted by molar-refractivity contribution is -0.122. The average Bonchev–Trinajstić information content (AvgIpc) is 3.13. The van der Waals surface area contributed by atoms with Gasteiger partial charge in [-0.25, -0.2) is 4.98 Å². The number of anilines is 1. The van der Waals surface area contributed by atoms with Crippen LogP contribution in [-0.4, -0.2) is 37.6 Å². The third-order valence-electron chi connectivity index (χ3n) is 6.55. The highest BCUT2D eigenvalue weighted by molar-refractivity contribution is 8.26. The van der Waals surface area contributed by atoms with Crippen molar-refractivity contribution in [2.75, 3.05) is 18.0 Å². The number of amides is 1. The molecule has 35 heavy (non-hydrogen) atoms. The standard InChI is InChI=1S/C27H28N4O2S2/c1-3-4-7-13-30-26(33)22(35-27(30)34)15-21-24(28-23-11-10-18(2)16-31(23)25(21)32)29-14-12-19-8-5-6-9-20(19)17-29/h5-6,8-11,15-16H,3-4,7,12-14,17H2,1-2H3/b22-15-. The van der Waals surface area contributed by atoms with Gasteiger partial charge in [-0.15, -0.1) is 0 Å². The van der Waals surface area contributed by atoms with E-state index < -0.39 is 0 Å². The summed E-state index contributed by atoms with van der Waals surface area (Å²) in [6, 6.07) is 12.2. The minimum atomic E-state index is -0.177. The molecular formula is C27H28N4O2S2. The van der Waals surface area contributed by atoms with E-state index in [0.29, 0.717) is 39.3 Å².